The Balaban J connectivity index is 4.81. The molecular weight excluding hydrogens is 226 g/mol. The van der Waals surface area contributed by atoms with Crippen LogP contribution in [0, 0.1) is 5.92 Å². The molecule has 3 nitrogen and oxygen atoms in total. The van der Waals surface area contributed by atoms with E-state index in [1.807, 2.05) is 7.11 Å². The van der Waals surface area contributed by atoms with Crippen molar-refractivity contribution in [2.24, 2.45) is 5.92 Å². The molecular formula is C15H33NO2. The number of methoxy groups -OCH3 is 2. The van der Waals surface area contributed by atoms with Gasteiger partial charge in [0.15, 0.2) is 0 Å². The average molecular weight is 259 g/mol. The molecule has 0 saturated carbocycles. The second-order valence-corrected chi connectivity index (χ2v) is 5.17. The first-order valence-corrected chi connectivity index (χ1v) is 7.39. The third kappa shape index (κ3) is 4.87. The zero-order valence-electron chi connectivity index (χ0n) is 13.2. The first kappa shape index (κ1) is 17.9. The summed E-state index contributed by atoms with van der Waals surface area (Å²) in [7, 11) is 3.61. The first-order chi connectivity index (χ1) is 8.61. The summed E-state index contributed by atoms with van der Waals surface area (Å²) in [4.78, 5) is 0. The highest BCUT2D eigenvalue weighted by Gasteiger charge is 2.38. The second-order valence-electron chi connectivity index (χ2n) is 5.17. The summed E-state index contributed by atoms with van der Waals surface area (Å²) in [6.07, 6.45) is 4.31. The molecule has 1 N–H and O–H groups in total. The van der Waals surface area contributed by atoms with Crippen LogP contribution in [0.15, 0.2) is 0 Å². The van der Waals surface area contributed by atoms with Gasteiger partial charge in [0, 0.05) is 26.9 Å². The van der Waals surface area contributed by atoms with Gasteiger partial charge < -0.3 is 14.8 Å². The van der Waals surface area contributed by atoms with Gasteiger partial charge in [-0.25, -0.2) is 0 Å². The van der Waals surface area contributed by atoms with Crippen molar-refractivity contribution in [3.63, 3.8) is 0 Å². The minimum absolute atomic E-state index is 0.0532. The third-order valence-electron chi connectivity index (χ3n) is 4.13. The van der Waals surface area contributed by atoms with E-state index in [2.05, 4.69) is 33.0 Å². The van der Waals surface area contributed by atoms with Crippen LogP contribution in [0.3, 0.4) is 0 Å². The normalized spacial score (nSPS) is 15.7. The molecule has 0 fully saturated rings. The lowest BCUT2D eigenvalue weighted by molar-refractivity contribution is -0.0634. The molecule has 18 heavy (non-hydrogen) atoms. The van der Waals surface area contributed by atoms with Crippen LogP contribution in [-0.2, 0) is 9.47 Å². The van der Waals surface area contributed by atoms with Crippen molar-refractivity contribution >= 4 is 0 Å². The summed E-state index contributed by atoms with van der Waals surface area (Å²) in [6.45, 7) is 10.8. The van der Waals surface area contributed by atoms with Crippen molar-refractivity contribution in [3.05, 3.63) is 0 Å². The van der Waals surface area contributed by atoms with Gasteiger partial charge in [-0.3, -0.25) is 0 Å². The van der Waals surface area contributed by atoms with E-state index in [1.54, 1.807) is 7.11 Å². The Bertz CT molecular complexity index is 185. The molecule has 2 atom stereocenters. The lowest BCUT2D eigenvalue weighted by atomic mass is 9.80. The summed E-state index contributed by atoms with van der Waals surface area (Å²) in [5, 5.41) is 3.69. The van der Waals surface area contributed by atoms with Crippen LogP contribution in [0.25, 0.3) is 0 Å². The number of hydrogen-bond donors (Lipinski definition) is 1. The van der Waals surface area contributed by atoms with Gasteiger partial charge >= 0.3 is 0 Å². The molecule has 110 valence electrons. The summed E-state index contributed by atoms with van der Waals surface area (Å²) >= 11 is 0. The first-order valence-electron chi connectivity index (χ1n) is 7.39. The van der Waals surface area contributed by atoms with E-state index in [1.165, 1.54) is 0 Å². The van der Waals surface area contributed by atoms with Crippen molar-refractivity contribution < 1.29 is 9.47 Å². The summed E-state index contributed by atoms with van der Waals surface area (Å²) in [5.41, 5.74) is -0.0532. The van der Waals surface area contributed by atoms with Gasteiger partial charge in [-0.05, 0) is 38.1 Å². The van der Waals surface area contributed by atoms with Crippen molar-refractivity contribution in [3.8, 4) is 0 Å². The molecule has 0 heterocycles. The molecule has 2 unspecified atom stereocenters. The summed E-state index contributed by atoms with van der Waals surface area (Å²) in [6, 6.07) is 0.396. The fourth-order valence-corrected chi connectivity index (χ4v) is 2.78. The minimum atomic E-state index is -0.0532. The maximum absolute atomic E-state index is 5.89. The minimum Gasteiger partial charge on any atom is -0.385 e. The smallest absolute Gasteiger partial charge is 0.0828 e. The lowest BCUT2D eigenvalue weighted by Crippen LogP contribution is -2.55. The fourth-order valence-electron chi connectivity index (χ4n) is 2.78. The zero-order valence-corrected chi connectivity index (χ0v) is 13.2. The predicted octanol–water partition coefficient (Wildman–Crippen LogP) is 3.23. The summed E-state index contributed by atoms with van der Waals surface area (Å²) in [5.74, 6) is 0.552. The van der Waals surface area contributed by atoms with E-state index in [-0.39, 0.29) is 5.60 Å². The van der Waals surface area contributed by atoms with Gasteiger partial charge in [-0.15, -0.1) is 0 Å². The molecule has 0 aromatic rings. The number of nitrogens with one attached hydrogen (secondary N) is 1. The number of hydrogen-bond acceptors (Lipinski definition) is 3. The fraction of sp³-hybridized carbons (Fsp3) is 1.00. The topological polar surface area (TPSA) is 30.5 Å². The Morgan fingerprint density at radius 2 is 1.72 bits per heavy atom. The van der Waals surface area contributed by atoms with Gasteiger partial charge in [-0.2, -0.15) is 0 Å². The monoisotopic (exact) mass is 259 g/mol. The van der Waals surface area contributed by atoms with Crippen LogP contribution in [0.2, 0.25) is 0 Å². The maximum atomic E-state index is 5.89. The number of ether oxygens (including phenoxy) is 2. The zero-order chi connectivity index (χ0) is 14.0. The molecule has 0 aliphatic carbocycles. The van der Waals surface area contributed by atoms with E-state index in [0.717, 1.165) is 38.8 Å². The molecule has 0 saturated heterocycles. The van der Waals surface area contributed by atoms with Gasteiger partial charge in [-0.1, -0.05) is 27.7 Å². The summed E-state index contributed by atoms with van der Waals surface area (Å²) < 4.78 is 11.1. The molecule has 0 bridgehead atoms. The number of rotatable bonds is 11. The van der Waals surface area contributed by atoms with Crippen molar-refractivity contribution in [1.82, 2.24) is 5.32 Å². The Morgan fingerprint density at radius 3 is 2.11 bits per heavy atom. The SMILES string of the molecule is CCCNC(C(C)CCOC)C(CC)(CC)OC. The Labute approximate surface area is 114 Å². The standard InChI is InChI=1S/C15H33NO2/c1-7-11-16-14(13(4)10-12-17-5)15(8-2,9-3)18-6/h13-14,16H,7-12H2,1-6H3. The Kier molecular flexibility index (Phi) is 9.70. The quantitative estimate of drug-likeness (QED) is 0.618. The molecule has 0 aliphatic heterocycles. The van der Waals surface area contributed by atoms with Crippen molar-refractivity contribution in [2.45, 2.75) is 65.0 Å². The highest BCUT2D eigenvalue weighted by atomic mass is 16.5. The molecule has 0 aliphatic rings. The van der Waals surface area contributed by atoms with Gasteiger partial charge in [0.05, 0.1) is 5.60 Å². The molecule has 0 amide bonds. The highest BCUT2D eigenvalue weighted by molar-refractivity contribution is 4.94. The molecule has 0 aromatic heterocycles. The molecule has 0 rings (SSSR count). The van der Waals surface area contributed by atoms with Crippen LogP contribution in [-0.4, -0.2) is 39.0 Å². The maximum Gasteiger partial charge on any atom is 0.0828 e. The van der Waals surface area contributed by atoms with Gasteiger partial charge in [0.25, 0.3) is 0 Å². The van der Waals surface area contributed by atoms with E-state index in [4.69, 9.17) is 9.47 Å². The Morgan fingerprint density at radius 1 is 1.11 bits per heavy atom. The van der Waals surface area contributed by atoms with Gasteiger partial charge in [0.1, 0.15) is 0 Å². The largest absolute Gasteiger partial charge is 0.385 e. The van der Waals surface area contributed by atoms with E-state index < -0.39 is 0 Å². The van der Waals surface area contributed by atoms with Crippen LogP contribution in [0.4, 0.5) is 0 Å². The van der Waals surface area contributed by atoms with Crippen LogP contribution in [0.5, 0.6) is 0 Å². The third-order valence-corrected chi connectivity index (χ3v) is 4.13. The average Bonchev–Trinajstić information content (AvgIpc) is 2.41. The van der Waals surface area contributed by atoms with Crippen LogP contribution >= 0.6 is 0 Å². The predicted molar refractivity (Wildman–Crippen MR) is 78.1 cm³/mol. The second kappa shape index (κ2) is 9.76. The van der Waals surface area contributed by atoms with E-state index in [0.29, 0.717) is 12.0 Å². The molecule has 0 radical (unpaired) electrons. The molecule has 3 heteroatoms. The van der Waals surface area contributed by atoms with Crippen LogP contribution < -0.4 is 5.32 Å². The van der Waals surface area contributed by atoms with Crippen molar-refractivity contribution in [2.75, 3.05) is 27.4 Å². The van der Waals surface area contributed by atoms with E-state index in [9.17, 15) is 0 Å². The van der Waals surface area contributed by atoms with Gasteiger partial charge in [0.2, 0.25) is 0 Å². The van der Waals surface area contributed by atoms with Crippen LogP contribution in [0.1, 0.15) is 53.4 Å². The lowest BCUT2D eigenvalue weighted by Gasteiger charge is -2.42. The van der Waals surface area contributed by atoms with Crippen molar-refractivity contribution in [1.29, 1.82) is 0 Å². The molecule has 0 aromatic carbocycles. The highest BCUT2D eigenvalue weighted by Crippen LogP contribution is 2.30. The van der Waals surface area contributed by atoms with E-state index >= 15 is 0 Å². The Hall–Kier alpha value is -0.120. The molecule has 0 spiro atoms.